The van der Waals surface area contributed by atoms with Gasteiger partial charge in [0.1, 0.15) is 6.33 Å². The van der Waals surface area contributed by atoms with Gasteiger partial charge in [-0.25, -0.2) is 4.68 Å². The summed E-state index contributed by atoms with van der Waals surface area (Å²) in [5.41, 5.74) is 1.59. The Morgan fingerprint density at radius 1 is 1.45 bits per heavy atom. The van der Waals surface area contributed by atoms with Crippen molar-refractivity contribution in [1.82, 2.24) is 25.5 Å². The lowest BCUT2D eigenvalue weighted by molar-refractivity contribution is -0.0329. The van der Waals surface area contributed by atoms with Crippen molar-refractivity contribution < 1.29 is 5.11 Å². The van der Waals surface area contributed by atoms with Crippen molar-refractivity contribution in [3.8, 4) is 5.69 Å². The van der Waals surface area contributed by atoms with Gasteiger partial charge < -0.3 is 10.4 Å². The van der Waals surface area contributed by atoms with Crippen LogP contribution in [0.2, 0.25) is 0 Å². The van der Waals surface area contributed by atoms with E-state index in [9.17, 15) is 5.11 Å². The van der Waals surface area contributed by atoms with Crippen LogP contribution in [-0.2, 0) is 0 Å². The Kier molecular flexibility index (Phi) is 3.50. The molecule has 20 heavy (non-hydrogen) atoms. The first-order valence-corrected chi connectivity index (χ1v) is 6.95. The van der Waals surface area contributed by atoms with Gasteiger partial charge in [0.25, 0.3) is 0 Å². The zero-order chi connectivity index (χ0) is 14.0. The molecule has 1 fully saturated rings. The summed E-state index contributed by atoms with van der Waals surface area (Å²) in [5, 5.41) is 24.7. The molecule has 2 N–H and O–H groups in total. The monoisotopic (exact) mass is 273 g/mol. The fraction of sp³-hybridized carbons (Fsp3) is 0.500. The third-order valence-electron chi connectivity index (χ3n) is 4.01. The Morgan fingerprint density at radius 3 is 2.95 bits per heavy atom. The first kappa shape index (κ1) is 13.2. The van der Waals surface area contributed by atoms with E-state index in [4.69, 9.17) is 0 Å². The summed E-state index contributed by atoms with van der Waals surface area (Å²) in [6.07, 6.45) is 4.50. The molecule has 0 radical (unpaired) electrons. The molecule has 1 heterocycles. The van der Waals surface area contributed by atoms with Gasteiger partial charge in [0.15, 0.2) is 0 Å². The molecule has 1 aromatic heterocycles. The van der Waals surface area contributed by atoms with Gasteiger partial charge in [0, 0.05) is 12.6 Å². The predicted octanol–water partition coefficient (Wildman–Crippen LogP) is 1.23. The lowest BCUT2D eigenvalue weighted by Gasteiger charge is -2.37. The average molecular weight is 273 g/mol. The Balaban J connectivity index is 1.68. The second kappa shape index (κ2) is 5.30. The van der Waals surface area contributed by atoms with Gasteiger partial charge in [-0.05, 0) is 54.3 Å². The molecule has 1 aromatic carbocycles. The topological polar surface area (TPSA) is 75.9 Å². The molecule has 1 atom stereocenters. The van der Waals surface area contributed by atoms with Crippen molar-refractivity contribution in [3.05, 3.63) is 36.2 Å². The van der Waals surface area contributed by atoms with E-state index < -0.39 is 5.60 Å². The highest BCUT2D eigenvalue weighted by Crippen LogP contribution is 2.31. The van der Waals surface area contributed by atoms with Crippen molar-refractivity contribution in [2.24, 2.45) is 0 Å². The van der Waals surface area contributed by atoms with Crippen molar-refractivity contribution in [2.45, 2.75) is 37.8 Å². The van der Waals surface area contributed by atoms with Crippen LogP contribution in [0.1, 0.15) is 37.8 Å². The van der Waals surface area contributed by atoms with E-state index in [2.05, 4.69) is 39.9 Å². The van der Waals surface area contributed by atoms with E-state index in [1.54, 1.807) is 11.0 Å². The number of hydrogen-bond donors (Lipinski definition) is 2. The van der Waals surface area contributed by atoms with Crippen LogP contribution in [0.5, 0.6) is 0 Å². The molecule has 1 unspecified atom stereocenters. The second-order valence-electron chi connectivity index (χ2n) is 5.53. The number of nitrogens with one attached hydrogen (secondary N) is 1. The molecule has 6 heteroatoms. The maximum atomic E-state index is 10.1. The summed E-state index contributed by atoms with van der Waals surface area (Å²) >= 11 is 0. The molecule has 0 saturated heterocycles. The molecular formula is C14H19N5O. The van der Waals surface area contributed by atoms with Crippen molar-refractivity contribution in [3.63, 3.8) is 0 Å². The first-order valence-electron chi connectivity index (χ1n) is 6.95. The normalized spacial score (nSPS) is 18.5. The van der Waals surface area contributed by atoms with Gasteiger partial charge in [0.2, 0.25) is 0 Å². The lowest BCUT2D eigenvalue weighted by atomic mass is 9.80. The zero-order valence-corrected chi connectivity index (χ0v) is 11.5. The molecule has 0 aliphatic heterocycles. The van der Waals surface area contributed by atoms with E-state index in [1.165, 1.54) is 0 Å². The van der Waals surface area contributed by atoms with E-state index >= 15 is 0 Å². The molecule has 1 aliphatic rings. The number of tetrazole rings is 1. The number of nitrogens with zero attached hydrogens (tertiary/aromatic N) is 4. The Labute approximate surface area is 117 Å². The summed E-state index contributed by atoms with van der Waals surface area (Å²) in [5.74, 6) is 0. The highest BCUT2D eigenvalue weighted by Gasteiger charge is 2.34. The van der Waals surface area contributed by atoms with Crippen LogP contribution in [0, 0.1) is 0 Å². The first-order chi connectivity index (χ1) is 9.66. The molecular weight excluding hydrogens is 254 g/mol. The molecule has 2 aromatic rings. The van der Waals surface area contributed by atoms with Crippen LogP contribution >= 0.6 is 0 Å². The van der Waals surface area contributed by atoms with Crippen LogP contribution < -0.4 is 5.32 Å². The maximum Gasteiger partial charge on any atom is 0.143 e. The molecule has 0 amide bonds. The van der Waals surface area contributed by atoms with E-state index in [1.807, 2.05) is 12.1 Å². The highest BCUT2D eigenvalue weighted by molar-refractivity contribution is 5.35. The standard InChI is InChI=1S/C14H19N5O/c1-11(15-9-14(20)6-3-7-14)12-4-2-5-13(8-12)19-10-16-17-18-19/h2,4-5,8,10-11,15,20H,3,6-7,9H2,1H3. The van der Waals surface area contributed by atoms with Gasteiger partial charge in [0.05, 0.1) is 11.3 Å². The number of aromatic nitrogens is 4. The molecule has 1 aliphatic carbocycles. The Bertz CT molecular complexity index is 565. The minimum atomic E-state index is -0.498. The van der Waals surface area contributed by atoms with Crippen LogP contribution in [0.3, 0.4) is 0 Å². The molecule has 0 bridgehead atoms. The third kappa shape index (κ3) is 2.71. The highest BCUT2D eigenvalue weighted by atomic mass is 16.3. The van der Waals surface area contributed by atoms with E-state index in [0.717, 1.165) is 30.5 Å². The van der Waals surface area contributed by atoms with Crippen LogP contribution in [0.4, 0.5) is 0 Å². The summed E-state index contributed by atoms with van der Waals surface area (Å²) in [6.45, 7) is 2.74. The van der Waals surface area contributed by atoms with Gasteiger partial charge in [-0.2, -0.15) is 0 Å². The molecule has 1 saturated carbocycles. The van der Waals surface area contributed by atoms with Crippen molar-refractivity contribution in [1.29, 1.82) is 0 Å². The molecule has 3 rings (SSSR count). The summed E-state index contributed by atoms with van der Waals surface area (Å²) in [7, 11) is 0. The smallest absolute Gasteiger partial charge is 0.143 e. The van der Waals surface area contributed by atoms with Crippen LogP contribution in [0.25, 0.3) is 5.69 Å². The number of benzene rings is 1. The van der Waals surface area contributed by atoms with Crippen molar-refractivity contribution >= 4 is 0 Å². The Morgan fingerprint density at radius 2 is 2.30 bits per heavy atom. The Hall–Kier alpha value is -1.79. The summed E-state index contributed by atoms with van der Waals surface area (Å²) < 4.78 is 1.63. The quantitative estimate of drug-likeness (QED) is 0.857. The minimum absolute atomic E-state index is 0.177. The zero-order valence-electron chi connectivity index (χ0n) is 11.5. The van der Waals surface area contributed by atoms with Crippen molar-refractivity contribution in [2.75, 3.05) is 6.54 Å². The average Bonchev–Trinajstić information content (AvgIpc) is 2.97. The number of aliphatic hydroxyl groups is 1. The maximum absolute atomic E-state index is 10.1. The molecule has 0 spiro atoms. The summed E-state index contributed by atoms with van der Waals surface area (Å²) in [4.78, 5) is 0. The van der Waals surface area contributed by atoms with Crippen LogP contribution in [0.15, 0.2) is 30.6 Å². The van der Waals surface area contributed by atoms with Gasteiger partial charge in [-0.1, -0.05) is 12.1 Å². The summed E-state index contributed by atoms with van der Waals surface area (Å²) in [6, 6.07) is 8.25. The molecule has 6 nitrogen and oxygen atoms in total. The largest absolute Gasteiger partial charge is 0.389 e. The SMILES string of the molecule is CC(NCC1(O)CCC1)c1cccc(-n2cnnn2)c1. The fourth-order valence-electron chi connectivity index (χ4n) is 2.44. The van der Waals surface area contributed by atoms with Gasteiger partial charge in [-0.3, -0.25) is 0 Å². The molecule has 106 valence electrons. The van der Waals surface area contributed by atoms with E-state index in [-0.39, 0.29) is 6.04 Å². The minimum Gasteiger partial charge on any atom is -0.389 e. The van der Waals surface area contributed by atoms with E-state index in [0.29, 0.717) is 6.54 Å². The lowest BCUT2D eigenvalue weighted by Crippen LogP contribution is -2.46. The number of rotatable bonds is 5. The van der Waals surface area contributed by atoms with Gasteiger partial charge in [-0.15, -0.1) is 5.10 Å². The van der Waals surface area contributed by atoms with Gasteiger partial charge >= 0.3 is 0 Å². The fourth-order valence-corrected chi connectivity index (χ4v) is 2.44. The predicted molar refractivity (Wildman–Crippen MR) is 74.4 cm³/mol. The third-order valence-corrected chi connectivity index (χ3v) is 4.01. The van der Waals surface area contributed by atoms with Crippen LogP contribution in [-0.4, -0.2) is 37.5 Å². The number of hydrogen-bond acceptors (Lipinski definition) is 5. The second-order valence-corrected chi connectivity index (χ2v) is 5.53.